The smallest absolute Gasteiger partial charge is 0.294 e. The standard InChI is InChI=1S/C18H21NO4/c1-11(2)14-7-8-22-17(14)18(20)19-10-12(3)23-16-6-5-13(21-4)9-15(16)19/h5-9,11-12H,10H2,1-4H3. The van der Waals surface area contributed by atoms with Gasteiger partial charge in [-0.05, 0) is 31.0 Å². The summed E-state index contributed by atoms with van der Waals surface area (Å²) in [6.45, 7) is 6.50. The van der Waals surface area contributed by atoms with Crippen molar-refractivity contribution in [3.05, 3.63) is 41.9 Å². The van der Waals surface area contributed by atoms with Crippen LogP contribution >= 0.6 is 0 Å². The summed E-state index contributed by atoms with van der Waals surface area (Å²) in [4.78, 5) is 14.7. The van der Waals surface area contributed by atoms with Crippen molar-refractivity contribution in [1.82, 2.24) is 0 Å². The average molecular weight is 315 g/mol. The van der Waals surface area contributed by atoms with Gasteiger partial charge in [0.25, 0.3) is 5.91 Å². The number of hydrogen-bond acceptors (Lipinski definition) is 4. The third kappa shape index (κ3) is 2.79. The fourth-order valence-electron chi connectivity index (χ4n) is 2.81. The van der Waals surface area contributed by atoms with E-state index in [9.17, 15) is 4.79 Å². The number of nitrogens with zero attached hydrogens (tertiary/aromatic N) is 1. The highest BCUT2D eigenvalue weighted by atomic mass is 16.5. The molecule has 1 unspecified atom stereocenters. The number of hydrogen-bond donors (Lipinski definition) is 0. The normalized spacial score (nSPS) is 16.9. The van der Waals surface area contributed by atoms with Crippen LogP contribution in [0.4, 0.5) is 5.69 Å². The van der Waals surface area contributed by atoms with Crippen LogP contribution in [0.15, 0.2) is 34.9 Å². The predicted octanol–water partition coefficient (Wildman–Crippen LogP) is 3.84. The van der Waals surface area contributed by atoms with Gasteiger partial charge in [0, 0.05) is 11.6 Å². The number of amides is 1. The summed E-state index contributed by atoms with van der Waals surface area (Å²) in [6, 6.07) is 7.33. The van der Waals surface area contributed by atoms with Gasteiger partial charge in [-0.15, -0.1) is 0 Å². The first-order valence-electron chi connectivity index (χ1n) is 7.75. The van der Waals surface area contributed by atoms with Crippen molar-refractivity contribution in [2.45, 2.75) is 32.8 Å². The summed E-state index contributed by atoms with van der Waals surface area (Å²) in [5.41, 5.74) is 1.62. The topological polar surface area (TPSA) is 51.9 Å². The van der Waals surface area contributed by atoms with Gasteiger partial charge in [0.05, 0.1) is 25.6 Å². The Labute approximate surface area is 135 Å². The number of benzene rings is 1. The fraction of sp³-hybridized carbons (Fsp3) is 0.389. The Morgan fingerprint density at radius 2 is 2.13 bits per heavy atom. The summed E-state index contributed by atoms with van der Waals surface area (Å²) in [6.07, 6.45) is 1.48. The summed E-state index contributed by atoms with van der Waals surface area (Å²) >= 11 is 0. The molecule has 0 aliphatic carbocycles. The van der Waals surface area contributed by atoms with Gasteiger partial charge in [0.15, 0.2) is 5.76 Å². The number of anilines is 1. The lowest BCUT2D eigenvalue weighted by atomic mass is 10.0. The van der Waals surface area contributed by atoms with E-state index < -0.39 is 0 Å². The second-order valence-corrected chi connectivity index (χ2v) is 6.04. The number of fused-ring (bicyclic) bond motifs is 1. The van der Waals surface area contributed by atoms with Gasteiger partial charge in [-0.1, -0.05) is 13.8 Å². The molecule has 0 bridgehead atoms. The molecule has 0 N–H and O–H groups in total. The van der Waals surface area contributed by atoms with E-state index in [1.165, 1.54) is 0 Å². The number of methoxy groups -OCH3 is 1. The molecule has 1 aliphatic heterocycles. The summed E-state index contributed by atoms with van der Waals surface area (Å²) in [5.74, 6) is 1.82. The van der Waals surface area contributed by atoms with Crippen LogP contribution in [0, 0.1) is 0 Å². The molecule has 0 saturated heterocycles. The van der Waals surface area contributed by atoms with Gasteiger partial charge < -0.3 is 13.9 Å². The monoisotopic (exact) mass is 315 g/mol. The number of ether oxygens (including phenoxy) is 2. The van der Waals surface area contributed by atoms with E-state index in [0.29, 0.717) is 29.5 Å². The van der Waals surface area contributed by atoms with Gasteiger partial charge >= 0.3 is 0 Å². The number of rotatable bonds is 3. The molecule has 1 atom stereocenters. The highest BCUT2D eigenvalue weighted by molar-refractivity contribution is 6.06. The number of carbonyl (C=O) groups excluding carboxylic acids is 1. The van der Waals surface area contributed by atoms with Gasteiger partial charge in [-0.25, -0.2) is 0 Å². The van der Waals surface area contributed by atoms with Crippen LogP contribution in [-0.4, -0.2) is 25.7 Å². The maximum absolute atomic E-state index is 13.0. The highest BCUT2D eigenvalue weighted by Crippen LogP contribution is 2.38. The molecule has 1 amide bonds. The number of carbonyl (C=O) groups is 1. The van der Waals surface area contributed by atoms with E-state index in [4.69, 9.17) is 13.9 Å². The molecule has 5 nitrogen and oxygen atoms in total. The molecule has 0 spiro atoms. The number of furan rings is 1. The van der Waals surface area contributed by atoms with Crippen LogP contribution in [-0.2, 0) is 0 Å². The zero-order valence-electron chi connectivity index (χ0n) is 13.8. The lowest BCUT2D eigenvalue weighted by Gasteiger charge is -2.33. The van der Waals surface area contributed by atoms with Crippen LogP contribution in [0.25, 0.3) is 0 Å². The third-order valence-corrected chi connectivity index (χ3v) is 3.98. The maximum atomic E-state index is 13.0. The predicted molar refractivity (Wildman–Crippen MR) is 87.6 cm³/mol. The summed E-state index contributed by atoms with van der Waals surface area (Å²) in [7, 11) is 1.60. The van der Waals surface area contributed by atoms with Crippen molar-refractivity contribution < 1.29 is 18.7 Å². The van der Waals surface area contributed by atoms with Crippen molar-refractivity contribution in [3.63, 3.8) is 0 Å². The second kappa shape index (κ2) is 5.99. The van der Waals surface area contributed by atoms with Crippen LogP contribution in [0.3, 0.4) is 0 Å². The molecule has 2 heterocycles. The Morgan fingerprint density at radius 1 is 1.35 bits per heavy atom. The van der Waals surface area contributed by atoms with E-state index in [2.05, 4.69) is 0 Å². The first-order chi connectivity index (χ1) is 11.0. The van der Waals surface area contributed by atoms with Gasteiger partial charge in [-0.3, -0.25) is 9.69 Å². The van der Waals surface area contributed by atoms with E-state index in [-0.39, 0.29) is 17.9 Å². The van der Waals surface area contributed by atoms with Crippen molar-refractivity contribution in [2.24, 2.45) is 0 Å². The SMILES string of the molecule is COc1ccc2c(c1)N(C(=O)c1occc1C(C)C)CC(C)O2. The maximum Gasteiger partial charge on any atom is 0.294 e. The quantitative estimate of drug-likeness (QED) is 0.863. The Kier molecular flexibility index (Phi) is 4.03. The molecule has 1 aliphatic rings. The lowest BCUT2D eigenvalue weighted by Crippen LogP contribution is -2.42. The van der Waals surface area contributed by atoms with Gasteiger partial charge in [-0.2, -0.15) is 0 Å². The van der Waals surface area contributed by atoms with E-state index in [1.807, 2.05) is 45.0 Å². The molecule has 23 heavy (non-hydrogen) atoms. The minimum Gasteiger partial charge on any atom is -0.497 e. The Bertz CT molecular complexity index is 720. The fourth-order valence-corrected chi connectivity index (χ4v) is 2.81. The van der Waals surface area contributed by atoms with Crippen molar-refractivity contribution >= 4 is 11.6 Å². The minimum absolute atomic E-state index is 0.0858. The molecule has 5 heteroatoms. The van der Waals surface area contributed by atoms with E-state index >= 15 is 0 Å². The molecule has 1 aromatic heterocycles. The molecule has 0 radical (unpaired) electrons. The van der Waals surface area contributed by atoms with Crippen molar-refractivity contribution in [1.29, 1.82) is 0 Å². The zero-order chi connectivity index (χ0) is 16.6. The molecule has 122 valence electrons. The average Bonchev–Trinajstić information content (AvgIpc) is 3.02. The van der Waals surface area contributed by atoms with Gasteiger partial charge in [0.1, 0.15) is 17.6 Å². The van der Waals surface area contributed by atoms with Crippen molar-refractivity contribution in [2.75, 3.05) is 18.6 Å². The van der Waals surface area contributed by atoms with E-state index in [1.54, 1.807) is 18.3 Å². The van der Waals surface area contributed by atoms with Crippen molar-refractivity contribution in [3.8, 4) is 11.5 Å². The van der Waals surface area contributed by atoms with E-state index in [0.717, 1.165) is 5.56 Å². The molecule has 2 aromatic rings. The minimum atomic E-state index is -0.150. The summed E-state index contributed by atoms with van der Waals surface area (Å²) in [5, 5.41) is 0. The third-order valence-electron chi connectivity index (χ3n) is 3.98. The Morgan fingerprint density at radius 3 is 2.83 bits per heavy atom. The molecular weight excluding hydrogens is 294 g/mol. The second-order valence-electron chi connectivity index (χ2n) is 6.04. The molecular formula is C18H21NO4. The first kappa shape index (κ1) is 15.5. The zero-order valence-corrected chi connectivity index (χ0v) is 13.8. The van der Waals surface area contributed by atoms with Crippen LogP contribution in [0.5, 0.6) is 11.5 Å². The van der Waals surface area contributed by atoms with Gasteiger partial charge in [0.2, 0.25) is 0 Å². The Balaban J connectivity index is 2.03. The van der Waals surface area contributed by atoms with Crippen LogP contribution in [0.2, 0.25) is 0 Å². The summed E-state index contributed by atoms with van der Waals surface area (Å²) < 4.78 is 16.6. The molecule has 3 rings (SSSR count). The molecule has 0 fully saturated rings. The highest BCUT2D eigenvalue weighted by Gasteiger charge is 2.31. The Hall–Kier alpha value is -2.43. The largest absolute Gasteiger partial charge is 0.497 e. The molecule has 0 saturated carbocycles. The first-order valence-corrected chi connectivity index (χ1v) is 7.75. The molecule has 1 aromatic carbocycles. The van der Waals surface area contributed by atoms with Crippen LogP contribution < -0.4 is 14.4 Å². The van der Waals surface area contributed by atoms with Crippen LogP contribution in [0.1, 0.15) is 42.8 Å². The lowest BCUT2D eigenvalue weighted by molar-refractivity contribution is 0.0932.